The number of hydrogen-bond donors (Lipinski definition) is 1. The highest BCUT2D eigenvalue weighted by Crippen LogP contribution is 2.14. The van der Waals surface area contributed by atoms with Crippen molar-refractivity contribution in [1.29, 1.82) is 0 Å². The Labute approximate surface area is 97.5 Å². The number of hydrogen-bond acceptors (Lipinski definition) is 4. The van der Waals surface area contributed by atoms with Gasteiger partial charge in [-0.05, 0) is 19.1 Å². The van der Waals surface area contributed by atoms with Crippen LogP contribution >= 0.6 is 0 Å². The lowest BCUT2D eigenvalue weighted by atomic mass is 10.1. The van der Waals surface area contributed by atoms with Gasteiger partial charge in [0.2, 0.25) is 0 Å². The van der Waals surface area contributed by atoms with Crippen LogP contribution in [0.5, 0.6) is 0 Å². The molecule has 0 aromatic carbocycles. The van der Waals surface area contributed by atoms with Gasteiger partial charge in [0.25, 0.3) is 5.91 Å². The lowest BCUT2D eigenvalue weighted by Gasteiger charge is -2.35. The maximum atomic E-state index is 12.0. The van der Waals surface area contributed by atoms with Crippen molar-refractivity contribution in [3.63, 3.8) is 0 Å². The highest BCUT2D eigenvalue weighted by molar-refractivity contribution is 5.95. The maximum absolute atomic E-state index is 12.0. The fourth-order valence-electron chi connectivity index (χ4n) is 1.95. The molecule has 3 heterocycles. The largest absolute Gasteiger partial charge is 0.389 e. The monoisotopic (exact) mass is 232 g/mol. The highest BCUT2D eigenvalue weighted by Gasteiger charge is 2.29. The first kappa shape index (κ1) is 10.2. The van der Waals surface area contributed by atoms with Gasteiger partial charge in [-0.2, -0.15) is 0 Å². The molecular weight excluding hydrogens is 220 g/mol. The molecule has 1 saturated heterocycles. The molecule has 0 aliphatic carbocycles. The first-order valence-corrected chi connectivity index (χ1v) is 5.44. The second-order valence-corrected chi connectivity index (χ2v) is 4.25. The van der Waals surface area contributed by atoms with Gasteiger partial charge in [-0.3, -0.25) is 9.20 Å². The van der Waals surface area contributed by atoms with Gasteiger partial charge in [-0.25, -0.2) is 0 Å². The summed E-state index contributed by atoms with van der Waals surface area (Å²) in [6.07, 6.45) is 1.41. The Hall–Kier alpha value is -1.95. The van der Waals surface area contributed by atoms with Gasteiger partial charge in [0.1, 0.15) is 5.82 Å². The van der Waals surface area contributed by atoms with Crippen LogP contribution in [-0.4, -0.2) is 49.7 Å². The quantitative estimate of drug-likeness (QED) is 0.742. The lowest BCUT2D eigenvalue weighted by molar-refractivity contribution is 0.00589. The van der Waals surface area contributed by atoms with E-state index in [0.717, 1.165) is 5.82 Å². The van der Waals surface area contributed by atoms with Crippen molar-refractivity contribution in [2.24, 2.45) is 0 Å². The van der Waals surface area contributed by atoms with Crippen LogP contribution in [0.2, 0.25) is 0 Å². The smallest absolute Gasteiger partial charge is 0.254 e. The molecule has 2 aromatic rings. The van der Waals surface area contributed by atoms with E-state index >= 15 is 0 Å². The molecule has 2 aromatic heterocycles. The summed E-state index contributed by atoms with van der Waals surface area (Å²) in [6.45, 7) is 2.68. The van der Waals surface area contributed by atoms with Crippen molar-refractivity contribution >= 4 is 11.6 Å². The van der Waals surface area contributed by atoms with Crippen LogP contribution in [0.25, 0.3) is 5.65 Å². The summed E-state index contributed by atoms with van der Waals surface area (Å²) < 4.78 is 1.82. The predicted molar refractivity (Wildman–Crippen MR) is 59.6 cm³/mol. The summed E-state index contributed by atoms with van der Waals surface area (Å²) in [5, 5.41) is 17.1. The van der Waals surface area contributed by atoms with Gasteiger partial charge >= 0.3 is 0 Å². The number of aliphatic hydroxyl groups excluding tert-OH is 1. The normalized spacial score (nSPS) is 16.2. The minimum absolute atomic E-state index is 0.0709. The molecule has 0 spiro atoms. The summed E-state index contributed by atoms with van der Waals surface area (Å²) in [4.78, 5) is 13.6. The summed E-state index contributed by atoms with van der Waals surface area (Å²) >= 11 is 0. The summed E-state index contributed by atoms with van der Waals surface area (Å²) in [7, 11) is 0. The van der Waals surface area contributed by atoms with E-state index in [1.807, 2.05) is 11.3 Å². The molecule has 0 unspecified atom stereocenters. The van der Waals surface area contributed by atoms with Crippen LogP contribution < -0.4 is 0 Å². The van der Waals surface area contributed by atoms with E-state index in [4.69, 9.17) is 5.11 Å². The molecule has 3 rings (SSSR count). The van der Waals surface area contributed by atoms with Gasteiger partial charge in [0.15, 0.2) is 5.65 Å². The molecule has 1 aliphatic heterocycles. The number of likely N-dealkylation sites (tertiary alicyclic amines) is 1. The van der Waals surface area contributed by atoms with E-state index in [0.29, 0.717) is 24.3 Å². The zero-order valence-electron chi connectivity index (χ0n) is 9.37. The highest BCUT2D eigenvalue weighted by atomic mass is 16.3. The fourth-order valence-corrected chi connectivity index (χ4v) is 1.95. The number of rotatable bonds is 1. The fraction of sp³-hybridized carbons (Fsp3) is 0.364. The number of carbonyl (C=O) groups excluding carboxylic acids is 1. The lowest BCUT2D eigenvalue weighted by Crippen LogP contribution is -2.53. The Morgan fingerprint density at radius 3 is 2.94 bits per heavy atom. The van der Waals surface area contributed by atoms with Crippen molar-refractivity contribution < 1.29 is 9.90 Å². The third-order valence-electron chi connectivity index (χ3n) is 2.98. The van der Waals surface area contributed by atoms with Crippen LogP contribution in [0, 0.1) is 6.92 Å². The van der Waals surface area contributed by atoms with Crippen LogP contribution in [0.4, 0.5) is 0 Å². The second kappa shape index (κ2) is 3.53. The number of carbonyl (C=O) groups is 1. The number of fused-ring (bicyclic) bond motifs is 1. The zero-order valence-corrected chi connectivity index (χ0v) is 9.37. The van der Waals surface area contributed by atoms with E-state index in [9.17, 15) is 4.79 Å². The third-order valence-corrected chi connectivity index (χ3v) is 2.98. The van der Waals surface area contributed by atoms with Gasteiger partial charge in [-0.15, -0.1) is 10.2 Å². The maximum Gasteiger partial charge on any atom is 0.254 e. The Kier molecular flexibility index (Phi) is 2.12. The number of aliphatic hydroxyl groups is 1. The Bertz CT molecular complexity index is 586. The Morgan fingerprint density at radius 2 is 2.24 bits per heavy atom. The van der Waals surface area contributed by atoms with E-state index in [2.05, 4.69) is 10.2 Å². The molecule has 0 atom stereocenters. The number of amides is 1. The summed E-state index contributed by atoms with van der Waals surface area (Å²) in [5.41, 5.74) is 1.24. The molecule has 1 aliphatic rings. The topological polar surface area (TPSA) is 70.7 Å². The van der Waals surface area contributed by atoms with Gasteiger partial charge in [0.05, 0.1) is 6.10 Å². The average Bonchev–Trinajstić information content (AvgIpc) is 2.66. The Morgan fingerprint density at radius 1 is 1.47 bits per heavy atom. The minimum Gasteiger partial charge on any atom is -0.389 e. The van der Waals surface area contributed by atoms with Gasteiger partial charge in [-0.1, -0.05) is 0 Å². The Balaban J connectivity index is 1.92. The second-order valence-electron chi connectivity index (χ2n) is 4.25. The molecule has 1 amide bonds. The zero-order chi connectivity index (χ0) is 12.0. The van der Waals surface area contributed by atoms with Crippen molar-refractivity contribution in [3.05, 3.63) is 29.7 Å². The average molecular weight is 232 g/mol. The van der Waals surface area contributed by atoms with E-state index < -0.39 is 0 Å². The molecule has 0 saturated carbocycles. The minimum atomic E-state index is -0.377. The van der Waals surface area contributed by atoms with Crippen molar-refractivity contribution in [2.75, 3.05) is 13.1 Å². The molecule has 88 valence electrons. The van der Waals surface area contributed by atoms with E-state index in [1.54, 1.807) is 23.2 Å². The SMILES string of the molecule is Cc1nnc2cc(C(=O)N3CC(O)C3)ccn12. The van der Waals surface area contributed by atoms with E-state index in [1.165, 1.54) is 0 Å². The number of pyridine rings is 1. The van der Waals surface area contributed by atoms with Crippen molar-refractivity contribution in [3.8, 4) is 0 Å². The summed E-state index contributed by atoms with van der Waals surface area (Å²) in [6, 6.07) is 3.46. The molecule has 0 bridgehead atoms. The van der Waals surface area contributed by atoms with Gasteiger partial charge in [0, 0.05) is 24.8 Å². The van der Waals surface area contributed by atoms with Crippen LogP contribution in [0.1, 0.15) is 16.2 Å². The molecular formula is C11H12N4O2. The number of aromatic nitrogens is 3. The first-order chi connectivity index (χ1) is 8.15. The number of β-amino-alcohol motifs (C(OH)–C–C–N with tert-alkyl or cyclic N) is 1. The third kappa shape index (κ3) is 1.57. The first-order valence-electron chi connectivity index (χ1n) is 5.44. The molecule has 1 N–H and O–H groups in total. The molecule has 6 nitrogen and oxygen atoms in total. The van der Waals surface area contributed by atoms with Gasteiger partial charge < -0.3 is 10.0 Å². The van der Waals surface area contributed by atoms with E-state index in [-0.39, 0.29) is 12.0 Å². The van der Waals surface area contributed by atoms with Crippen LogP contribution in [-0.2, 0) is 0 Å². The standard InChI is InChI=1S/C11H12N4O2/c1-7-12-13-10-4-8(2-3-15(7)10)11(17)14-5-9(16)6-14/h2-4,9,16H,5-6H2,1H3. The summed E-state index contributed by atoms with van der Waals surface area (Å²) in [5.74, 6) is 0.719. The molecule has 1 fully saturated rings. The number of aryl methyl sites for hydroxylation is 1. The molecule has 6 heteroatoms. The van der Waals surface area contributed by atoms with Crippen LogP contribution in [0.3, 0.4) is 0 Å². The number of nitrogens with zero attached hydrogens (tertiary/aromatic N) is 4. The predicted octanol–water partition coefficient (Wildman–Crippen LogP) is -0.146. The van der Waals surface area contributed by atoms with Crippen molar-refractivity contribution in [2.45, 2.75) is 13.0 Å². The molecule has 17 heavy (non-hydrogen) atoms. The van der Waals surface area contributed by atoms with Crippen LogP contribution in [0.15, 0.2) is 18.3 Å². The molecule has 0 radical (unpaired) electrons. The van der Waals surface area contributed by atoms with Crippen molar-refractivity contribution in [1.82, 2.24) is 19.5 Å².